The molecule has 0 spiro atoms. The molecule has 0 aliphatic rings. The third kappa shape index (κ3) is 7.00. The Balaban J connectivity index is 2.00. The van der Waals surface area contributed by atoms with Gasteiger partial charge in [-0.3, -0.25) is 9.59 Å². The Labute approximate surface area is 175 Å². The van der Waals surface area contributed by atoms with Gasteiger partial charge in [-0.15, -0.1) is 0 Å². The molecule has 0 aliphatic carbocycles. The molecule has 0 saturated carbocycles. The van der Waals surface area contributed by atoms with Crippen molar-refractivity contribution in [3.05, 3.63) is 52.5 Å². The van der Waals surface area contributed by atoms with E-state index in [1.807, 2.05) is 19.9 Å². The molecule has 0 aromatic heterocycles. The molecule has 0 atom stereocenters. The molecule has 0 bridgehead atoms. The smallest absolute Gasteiger partial charge is 0.255 e. The van der Waals surface area contributed by atoms with E-state index >= 15 is 0 Å². The summed E-state index contributed by atoms with van der Waals surface area (Å²) in [6.07, 6.45) is 3.55. The third-order valence-electron chi connectivity index (χ3n) is 3.97. The van der Waals surface area contributed by atoms with Crippen LogP contribution in [0, 0.1) is 0 Å². The topological polar surface area (TPSA) is 67.4 Å². The molecule has 28 heavy (non-hydrogen) atoms. The Bertz CT molecular complexity index is 821. The minimum absolute atomic E-state index is 0.0124. The van der Waals surface area contributed by atoms with E-state index in [1.54, 1.807) is 36.4 Å². The molecule has 2 aromatic rings. The lowest BCUT2D eigenvalue weighted by Gasteiger charge is -2.13. The molecule has 2 aromatic carbocycles. The molecule has 0 aliphatic heterocycles. The summed E-state index contributed by atoms with van der Waals surface area (Å²) >= 11 is 3.44. The third-order valence-corrected chi connectivity index (χ3v) is 4.59. The van der Waals surface area contributed by atoms with Crippen LogP contribution in [-0.2, 0) is 4.79 Å². The van der Waals surface area contributed by atoms with Gasteiger partial charge in [0.1, 0.15) is 5.75 Å². The molecule has 0 saturated heterocycles. The highest BCUT2D eigenvalue weighted by atomic mass is 79.9. The van der Waals surface area contributed by atoms with Crippen LogP contribution < -0.4 is 15.4 Å². The second-order valence-corrected chi connectivity index (χ2v) is 7.71. The molecular formula is C22H27BrN2O3. The summed E-state index contributed by atoms with van der Waals surface area (Å²) in [4.78, 5) is 24.5. The lowest BCUT2D eigenvalue weighted by Crippen LogP contribution is -2.14. The van der Waals surface area contributed by atoms with Crippen LogP contribution in [0.15, 0.2) is 46.9 Å². The quantitative estimate of drug-likeness (QED) is 0.463. The predicted molar refractivity (Wildman–Crippen MR) is 117 cm³/mol. The standard InChI is InChI=1S/C22H27BrN2O3/c1-4-5-6-10-21(26)24-17-8-7-9-18(14-17)25-22(27)16-11-12-20(19(23)13-16)28-15(2)3/h7-9,11-15H,4-6,10H2,1-3H3,(H,24,26)(H,25,27). The van der Waals surface area contributed by atoms with Gasteiger partial charge in [-0.2, -0.15) is 0 Å². The summed E-state index contributed by atoms with van der Waals surface area (Å²) in [6.45, 7) is 6.00. The SMILES string of the molecule is CCCCCC(=O)Nc1cccc(NC(=O)c2ccc(OC(C)C)c(Br)c2)c1. The maximum absolute atomic E-state index is 12.5. The number of rotatable bonds is 9. The van der Waals surface area contributed by atoms with E-state index in [9.17, 15) is 9.59 Å². The average molecular weight is 447 g/mol. The lowest BCUT2D eigenvalue weighted by atomic mass is 10.2. The molecule has 0 radical (unpaired) electrons. The summed E-state index contributed by atoms with van der Waals surface area (Å²) in [5, 5.41) is 5.73. The van der Waals surface area contributed by atoms with Gasteiger partial charge in [-0.05, 0) is 72.6 Å². The number of halogens is 1. The molecular weight excluding hydrogens is 420 g/mol. The number of unbranched alkanes of at least 4 members (excludes halogenated alkanes) is 2. The molecule has 5 nitrogen and oxygen atoms in total. The summed E-state index contributed by atoms with van der Waals surface area (Å²) in [6, 6.07) is 12.4. The Kier molecular flexibility index (Phi) is 8.51. The van der Waals surface area contributed by atoms with Crippen molar-refractivity contribution in [1.82, 2.24) is 0 Å². The normalized spacial score (nSPS) is 10.6. The Morgan fingerprint density at radius 3 is 2.39 bits per heavy atom. The fourth-order valence-electron chi connectivity index (χ4n) is 2.63. The maximum atomic E-state index is 12.5. The van der Waals surface area contributed by atoms with Crippen LogP contribution in [0.4, 0.5) is 11.4 Å². The minimum Gasteiger partial charge on any atom is -0.490 e. The van der Waals surface area contributed by atoms with Crippen LogP contribution in [0.5, 0.6) is 5.75 Å². The van der Waals surface area contributed by atoms with Gasteiger partial charge in [-0.1, -0.05) is 25.8 Å². The van der Waals surface area contributed by atoms with Gasteiger partial charge >= 0.3 is 0 Å². The van der Waals surface area contributed by atoms with Gasteiger partial charge in [-0.25, -0.2) is 0 Å². The van der Waals surface area contributed by atoms with Crippen molar-refractivity contribution >= 4 is 39.1 Å². The lowest BCUT2D eigenvalue weighted by molar-refractivity contribution is -0.116. The maximum Gasteiger partial charge on any atom is 0.255 e. The Hall–Kier alpha value is -2.34. The zero-order chi connectivity index (χ0) is 20.5. The van der Waals surface area contributed by atoms with E-state index in [0.717, 1.165) is 23.7 Å². The van der Waals surface area contributed by atoms with E-state index < -0.39 is 0 Å². The van der Waals surface area contributed by atoms with Crippen LogP contribution in [0.3, 0.4) is 0 Å². The zero-order valence-electron chi connectivity index (χ0n) is 16.5. The number of ether oxygens (including phenoxy) is 1. The van der Waals surface area contributed by atoms with E-state index in [4.69, 9.17) is 4.74 Å². The first-order valence-electron chi connectivity index (χ1n) is 9.56. The number of carbonyl (C=O) groups excluding carboxylic acids is 2. The summed E-state index contributed by atoms with van der Waals surface area (Å²) < 4.78 is 6.39. The minimum atomic E-state index is -0.233. The van der Waals surface area contributed by atoms with E-state index in [0.29, 0.717) is 29.1 Å². The van der Waals surface area contributed by atoms with Crippen LogP contribution >= 0.6 is 15.9 Å². The van der Waals surface area contributed by atoms with Crippen molar-refractivity contribution in [3.8, 4) is 5.75 Å². The molecule has 6 heteroatoms. The molecule has 2 amide bonds. The van der Waals surface area contributed by atoms with Crippen molar-refractivity contribution in [3.63, 3.8) is 0 Å². The largest absolute Gasteiger partial charge is 0.490 e. The molecule has 0 unspecified atom stereocenters. The van der Waals surface area contributed by atoms with E-state index in [2.05, 4.69) is 33.5 Å². The van der Waals surface area contributed by atoms with E-state index in [-0.39, 0.29) is 17.9 Å². The molecule has 0 heterocycles. The fraction of sp³-hybridized carbons (Fsp3) is 0.364. The zero-order valence-corrected chi connectivity index (χ0v) is 18.1. The monoisotopic (exact) mass is 446 g/mol. The molecule has 2 rings (SSSR count). The second kappa shape index (κ2) is 10.9. The summed E-state index contributed by atoms with van der Waals surface area (Å²) in [5.41, 5.74) is 1.80. The van der Waals surface area contributed by atoms with Crippen LogP contribution in [0.2, 0.25) is 0 Å². The second-order valence-electron chi connectivity index (χ2n) is 6.85. The number of benzene rings is 2. The van der Waals surface area contributed by atoms with Gasteiger partial charge in [0.15, 0.2) is 0 Å². The van der Waals surface area contributed by atoms with Crippen LogP contribution in [-0.4, -0.2) is 17.9 Å². The fourth-order valence-corrected chi connectivity index (χ4v) is 3.10. The first-order chi connectivity index (χ1) is 13.4. The van der Waals surface area contributed by atoms with Crippen molar-refractivity contribution in [1.29, 1.82) is 0 Å². The van der Waals surface area contributed by atoms with Crippen molar-refractivity contribution in [2.45, 2.75) is 52.6 Å². The Morgan fingerprint density at radius 2 is 1.75 bits per heavy atom. The highest BCUT2D eigenvalue weighted by molar-refractivity contribution is 9.10. The van der Waals surface area contributed by atoms with E-state index in [1.165, 1.54) is 0 Å². The highest BCUT2D eigenvalue weighted by Gasteiger charge is 2.11. The summed E-state index contributed by atoms with van der Waals surface area (Å²) in [7, 11) is 0. The van der Waals surface area contributed by atoms with Gasteiger partial charge in [0.2, 0.25) is 5.91 Å². The van der Waals surface area contributed by atoms with Gasteiger partial charge in [0.05, 0.1) is 10.6 Å². The van der Waals surface area contributed by atoms with Crippen LogP contribution in [0.25, 0.3) is 0 Å². The van der Waals surface area contributed by atoms with Gasteiger partial charge < -0.3 is 15.4 Å². The first-order valence-corrected chi connectivity index (χ1v) is 10.4. The van der Waals surface area contributed by atoms with Crippen molar-refractivity contribution in [2.75, 3.05) is 10.6 Å². The number of hydrogen-bond acceptors (Lipinski definition) is 3. The number of carbonyl (C=O) groups is 2. The number of hydrogen-bond donors (Lipinski definition) is 2. The predicted octanol–water partition coefficient (Wildman–Crippen LogP) is 6.01. The van der Waals surface area contributed by atoms with Crippen molar-refractivity contribution in [2.24, 2.45) is 0 Å². The molecule has 0 fully saturated rings. The first kappa shape index (κ1) is 22.0. The molecule has 150 valence electrons. The van der Waals surface area contributed by atoms with Gasteiger partial charge in [0, 0.05) is 23.4 Å². The average Bonchev–Trinajstić information content (AvgIpc) is 2.63. The Morgan fingerprint density at radius 1 is 1.04 bits per heavy atom. The van der Waals surface area contributed by atoms with Crippen molar-refractivity contribution < 1.29 is 14.3 Å². The summed E-state index contributed by atoms with van der Waals surface area (Å²) in [5.74, 6) is 0.448. The number of anilines is 2. The highest BCUT2D eigenvalue weighted by Crippen LogP contribution is 2.27. The number of amides is 2. The van der Waals surface area contributed by atoms with Crippen LogP contribution in [0.1, 0.15) is 56.8 Å². The molecule has 2 N–H and O–H groups in total. The van der Waals surface area contributed by atoms with Gasteiger partial charge in [0.25, 0.3) is 5.91 Å². The number of nitrogens with one attached hydrogen (secondary N) is 2.